The summed E-state index contributed by atoms with van der Waals surface area (Å²) in [4.78, 5) is 36.9. The molecule has 3 aromatic rings. The highest BCUT2D eigenvalue weighted by atomic mass is 32.1. The van der Waals surface area contributed by atoms with Gasteiger partial charge in [-0.3, -0.25) is 9.59 Å². The number of carbonyl (C=O) groups excluding carboxylic acids is 2. The molecule has 0 saturated carbocycles. The van der Waals surface area contributed by atoms with Gasteiger partial charge in [0, 0.05) is 30.4 Å². The van der Waals surface area contributed by atoms with Crippen molar-refractivity contribution in [2.75, 3.05) is 19.5 Å². The molecule has 2 heterocycles. The number of thiazole rings is 1. The van der Waals surface area contributed by atoms with Crippen LogP contribution < -0.4 is 15.4 Å². The molecule has 2 N–H and O–H groups in total. The first kappa shape index (κ1) is 18.5. The largest absolute Gasteiger partial charge is 0.495 e. The molecule has 0 unspecified atom stereocenters. The number of methoxy groups -OCH3 is 1. The lowest BCUT2D eigenvalue weighted by Crippen LogP contribution is -2.19. The highest BCUT2D eigenvalue weighted by molar-refractivity contribution is 7.13. The van der Waals surface area contributed by atoms with E-state index in [0.717, 1.165) is 0 Å². The quantitative estimate of drug-likeness (QED) is 0.676. The molecule has 0 radical (unpaired) electrons. The first-order valence-corrected chi connectivity index (χ1v) is 8.90. The van der Waals surface area contributed by atoms with Gasteiger partial charge in [0.1, 0.15) is 5.75 Å². The van der Waals surface area contributed by atoms with Crippen molar-refractivity contribution in [2.45, 2.75) is 6.42 Å². The number of rotatable bonds is 6. The molecular weight excluding hydrogens is 366 g/mol. The number of benzene rings is 1. The van der Waals surface area contributed by atoms with E-state index in [1.54, 1.807) is 49.1 Å². The average Bonchev–Trinajstić information content (AvgIpc) is 3.16. The Labute approximate surface area is 159 Å². The summed E-state index contributed by atoms with van der Waals surface area (Å²) in [6.45, 7) is 0. The molecule has 0 saturated heterocycles. The van der Waals surface area contributed by atoms with E-state index in [-0.39, 0.29) is 18.2 Å². The standard InChI is InChI=1S/C18H17N5O3S/c1-19-17(25)11-4-5-14(26-2)13(8-11)23-15(24)9-12-10-27-18(22-12)16-20-6-3-7-21-16/h3-8,10H,9H2,1-2H3,(H,19,25)(H,23,24). The van der Waals surface area contributed by atoms with E-state index in [0.29, 0.717) is 33.5 Å². The van der Waals surface area contributed by atoms with Crippen LogP contribution in [0.2, 0.25) is 0 Å². The molecule has 0 aliphatic heterocycles. The maximum Gasteiger partial charge on any atom is 0.251 e. The molecule has 0 fully saturated rings. The second-order valence-electron chi connectivity index (χ2n) is 5.44. The van der Waals surface area contributed by atoms with Crippen LogP contribution in [-0.4, -0.2) is 40.9 Å². The molecule has 27 heavy (non-hydrogen) atoms. The van der Waals surface area contributed by atoms with E-state index in [2.05, 4.69) is 25.6 Å². The Balaban J connectivity index is 1.73. The third-order valence-corrected chi connectivity index (χ3v) is 4.50. The van der Waals surface area contributed by atoms with Crippen molar-refractivity contribution in [3.63, 3.8) is 0 Å². The number of hydrogen-bond donors (Lipinski definition) is 2. The summed E-state index contributed by atoms with van der Waals surface area (Å²) < 4.78 is 5.25. The van der Waals surface area contributed by atoms with Crippen LogP contribution >= 0.6 is 11.3 Å². The minimum atomic E-state index is -0.270. The average molecular weight is 383 g/mol. The first-order chi connectivity index (χ1) is 13.1. The molecule has 0 bridgehead atoms. The molecule has 8 nitrogen and oxygen atoms in total. The van der Waals surface area contributed by atoms with Gasteiger partial charge in [-0.15, -0.1) is 11.3 Å². The maximum atomic E-state index is 12.4. The molecule has 1 aromatic carbocycles. The van der Waals surface area contributed by atoms with E-state index in [1.807, 2.05) is 0 Å². The fourth-order valence-electron chi connectivity index (χ4n) is 2.35. The summed E-state index contributed by atoms with van der Waals surface area (Å²) in [6.07, 6.45) is 3.36. The fourth-order valence-corrected chi connectivity index (χ4v) is 3.12. The topological polar surface area (TPSA) is 106 Å². The lowest BCUT2D eigenvalue weighted by atomic mass is 10.1. The molecular formula is C18H17N5O3S. The minimum Gasteiger partial charge on any atom is -0.495 e. The second kappa shape index (κ2) is 8.37. The van der Waals surface area contributed by atoms with Gasteiger partial charge in [0.2, 0.25) is 5.91 Å². The Morgan fingerprint density at radius 1 is 1.22 bits per heavy atom. The van der Waals surface area contributed by atoms with Gasteiger partial charge in [0.25, 0.3) is 5.91 Å². The van der Waals surface area contributed by atoms with Gasteiger partial charge in [-0.05, 0) is 24.3 Å². The summed E-state index contributed by atoms with van der Waals surface area (Å²) in [5.74, 6) is 0.468. The number of hydrogen-bond acceptors (Lipinski definition) is 7. The molecule has 3 rings (SSSR count). The zero-order chi connectivity index (χ0) is 19.2. The van der Waals surface area contributed by atoms with Gasteiger partial charge in [-0.1, -0.05) is 0 Å². The Bertz CT molecular complexity index is 959. The molecule has 0 aliphatic rings. The van der Waals surface area contributed by atoms with Gasteiger partial charge < -0.3 is 15.4 Å². The van der Waals surface area contributed by atoms with E-state index in [4.69, 9.17) is 4.74 Å². The maximum absolute atomic E-state index is 12.4. The molecule has 2 aromatic heterocycles. The number of carbonyl (C=O) groups is 2. The van der Waals surface area contributed by atoms with Crippen LogP contribution in [0.15, 0.2) is 42.0 Å². The van der Waals surface area contributed by atoms with Crippen LogP contribution in [0.25, 0.3) is 10.8 Å². The van der Waals surface area contributed by atoms with Crippen molar-refractivity contribution >= 4 is 28.8 Å². The lowest BCUT2D eigenvalue weighted by molar-refractivity contribution is -0.115. The van der Waals surface area contributed by atoms with Crippen LogP contribution in [0.5, 0.6) is 5.75 Å². The third-order valence-electron chi connectivity index (χ3n) is 3.61. The summed E-state index contributed by atoms with van der Waals surface area (Å²) in [7, 11) is 3.04. The normalized spacial score (nSPS) is 10.3. The van der Waals surface area contributed by atoms with Gasteiger partial charge in [0.05, 0.1) is 24.9 Å². The third kappa shape index (κ3) is 4.45. The molecule has 0 aliphatic carbocycles. The Kier molecular flexibility index (Phi) is 5.72. The van der Waals surface area contributed by atoms with Crippen molar-refractivity contribution in [1.82, 2.24) is 20.3 Å². The van der Waals surface area contributed by atoms with Crippen LogP contribution in [0.3, 0.4) is 0 Å². The highest BCUT2D eigenvalue weighted by Crippen LogP contribution is 2.26. The number of amides is 2. The number of nitrogens with zero attached hydrogens (tertiary/aromatic N) is 3. The van der Waals surface area contributed by atoms with Gasteiger partial charge in [0.15, 0.2) is 10.8 Å². The second-order valence-corrected chi connectivity index (χ2v) is 6.29. The van der Waals surface area contributed by atoms with Gasteiger partial charge in [-0.25, -0.2) is 15.0 Å². The van der Waals surface area contributed by atoms with Crippen molar-refractivity contribution in [3.05, 3.63) is 53.3 Å². The van der Waals surface area contributed by atoms with E-state index in [1.165, 1.54) is 18.4 Å². The number of nitrogens with one attached hydrogen (secondary N) is 2. The van der Waals surface area contributed by atoms with Crippen molar-refractivity contribution in [2.24, 2.45) is 0 Å². The van der Waals surface area contributed by atoms with Crippen molar-refractivity contribution < 1.29 is 14.3 Å². The summed E-state index contributed by atoms with van der Waals surface area (Å²) in [6, 6.07) is 6.55. The molecule has 0 spiro atoms. The van der Waals surface area contributed by atoms with E-state index >= 15 is 0 Å². The van der Waals surface area contributed by atoms with Crippen LogP contribution in [0.1, 0.15) is 16.1 Å². The Hall–Kier alpha value is -3.33. The van der Waals surface area contributed by atoms with Crippen molar-refractivity contribution in [3.8, 4) is 16.6 Å². The molecule has 9 heteroatoms. The van der Waals surface area contributed by atoms with Gasteiger partial charge >= 0.3 is 0 Å². The number of aromatic nitrogens is 3. The predicted molar refractivity (Wildman–Crippen MR) is 102 cm³/mol. The van der Waals surface area contributed by atoms with E-state index in [9.17, 15) is 9.59 Å². The number of ether oxygens (including phenoxy) is 1. The zero-order valence-electron chi connectivity index (χ0n) is 14.7. The monoisotopic (exact) mass is 383 g/mol. The van der Waals surface area contributed by atoms with Crippen LogP contribution in [-0.2, 0) is 11.2 Å². The van der Waals surface area contributed by atoms with E-state index < -0.39 is 0 Å². The highest BCUT2D eigenvalue weighted by Gasteiger charge is 2.14. The predicted octanol–water partition coefficient (Wildman–Crippen LogP) is 2.15. The molecule has 138 valence electrons. The lowest BCUT2D eigenvalue weighted by Gasteiger charge is -2.11. The summed E-state index contributed by atoms with van der Waals surface area (Å²) in [5, 5.41) is 7.76. The zero-order valence-corrected chi connectivity index (χ0v) is 15.5. The number of anilines is 1. The van der Waals surface area contributed by atoms with Gasteiger partial charge in [-0.2, -0.15) is 0 Å². The summed E-state index contributed by atoms with van der Waals surface area (Å²) >= 11 is 1.37. The summed E-state index contributed by atoms with van der Waals surface area (Å²) in [5.41, 5.74) is 1.46. The fraction of sp³-hybridized carbons (Fsp3) is 0.167. The Morgan fingerprint density at radius 2 is 2.00 bits per heavy atom. The molecule has 0 atom stereocenters. The Morgan fingerprint density at radius 3 is 2.70 bits per heavy atom. The first-order valence-electron chi connectivity index (χ1n) is 8.02. The minimum absolute atomic E-state index is 0.0800. The van der Waals surface area contributed by atoms with Crippen molar-refractivity contribution in [1.29, 1.82) is 0 Å². The smallest absolute Gasteiger partial charge is 0.251 e. The SMILES string of the molecule is CNC(=O)c1ccc(OC)c(NC(=O)Cc2csc(-c3ncccn3)n2)c1. The van der Waals surface area contributed by atoms with Crippen LogP contribution in [0, 0.1) is 0 Å². The molecule has 2 amide bonds. The van der Waals surface area contributed by atoms with Crippen LogP contribution in [0.4, 0.5) is 5.69 Å².